The zero-order chi connectivity index (χ0) is 19.5. The van der Waals surface area contributed by atoms with Gasteiger partial charge in [-0.2, -0.15) is 0 Å². The summed E-state index contributed by atoms with van der Waals surface area (Å²) >= 11 is 0. The van der Waals surface area contributed by atoms with Crippen LogP contribution in [-0.4, -0.2) is 27.9 Å². The second kappa shape index (κ2) is 6.06. The van der Waals surface area contributed by atoms with Gasteiger partial charge in [-0.15, -0.1) is 0 Å². The van der Waals surface area contributed by atoms with Gasteiger partial charge < -0.3 is 13.9 Å². The summed E-state index contributed by atoms with van der Waals surface area (Å²) < 4.78 is 15.1. The Morgan fingerprint density at radius 3 is 2.57 bits per heavy atom. The van der Waals surface area contributed by atoms with Crippen molar-refractivity contribution in [1.82, 2.24) is 9.55 Å². The van der Waals surface area contributed by atoms with Crippen LogP contribution in [0.5, 0.6) is 0 Å². The Hall–Kier alpha value is -2.37. The van der Waals surface area contributed by atoms with E-state index in [0.717, 1.165) is 29.5 Å². The van der Waals surface area contributed by atoms with Crippen molar-refractivity contribution < 1.29 is 9.31 Å². The van der Waals surface area contributed by atoms with Gasteiger partial charge in [0.2, 0.25) is 0 Å². The molecule has 1 fully saturated rings. The van der Waals surface area contributed by atoms with Crippen molar-refractivity contribution in [3.63, 3.8) is 0 Å². The molecule has 0 radical (unpaired) electrons. The minimum absolute atomic E-state index is 0.371. The zero-order valence-electron chi connectivity index (χ0n) is 16.9. The van der Waals surface area contributed by atoms with Gasteiger partial charge in [0.25, 0.3) is 0 Å². The quantitative estimate of drug-likeness (QED) is 0.630. The first kappa shape index (κ1) is 17.7. The first-order valence-corrected chi connectivity index (χ1v) is 9.98. The Morgan fingerprint density at radius 2 is 1.79 bits per heavy atom. The second-order valence-corrected chi connectivity index (χ2v) is 8.68. The van der Waals surface area contributed by atoms with E-state index < -0.39 is 7.12 Å². The van der Waals surface area contributed by atoms with Crippen LogP contribution < -0.4 is 5.46 Å². The molecule has 0 atom stereocenters. The largest absolute Gasteiger partial charge is 0.496 e. The molecule has 0 amide bonds. The summed E-state index contributed by atoms with van der Waals surface area (Å²) in [5.41, 5.74) is 5.15. The fourth-order valence-electron chi connectivity index (χ4n) is 4.20. The predicted octanol–water partition coefficient (Wildman–Crippen LogP) is 4.28. The van der Waals surface area contributed by atoms with Crippen LogP contribution >= 0.6 is 0 Å². The minimum atomic E-state index is -0.404. The number of pyridine rings is 1. The van der Waals surface area contributed by atoms with E-state index >= 15 is 0 Å². The number of aryl methyl sites for hydroxylation is 1. The van der Waals surface area contributed by atoms with Crippen molar-refractivity contribution in [1.29, 1.82) is 0 Å². The number of fused-ring (bicyclic) bond motifs is 3. The van der Waals surface area contributed by atoms with Crippen LogP contribution in [0, 0.1) is 0 Å². The topological polar surface area (TPSA) is 36.3 Å². The van der Waals surface area contributed by atoms with E-state index in [2.05, 4.69) is 79.7 Å². The molecule has 3 aromatic rings. The molecule has 5 rings (SSSR count). The van der Waals surface area contributed by atoms with E-state index in [-0.39, 0.29) is 11.2 Å². The van der Waals surface area contributed by atoms with Crippen molar-refractivity contribution in [2.75, 3.05) is 0 Å². The number of benzene rings is 1. The lowest BCUT2D eigenvalue weighted by Gasteiger charge is -2.32. The fraction of sp³-hybridized carbons (Fsp3) is 0.348. The number of hydrogen-bond donors (Lipinski definition) is 0. The first-order chi connectivity index (χ1) is 13.4. The average Bonchev–Trinajstić information content (AvgIpc) is 3.12. The third-order valence-corrected chi connectivity index (χ3v) is 6.44. The highest BCUT2D eigenvalue weighted by atomic mass is 16.7. The molecule has 2 aliphatic rings. The van der Waals surface area contributed by atoms with Crippen LogP contribution in [0.2, 0.25) is 0 Å². The lowest BCUT2D eigenvalue weighted by molar-refractivity contribution is 0.00578. The summed E-state index contributed by atoms with van der Waals surface area (Å²) in [6.45, 7) is 8.37. The summed E-state index contributed by atoms with van der Waals surface area (Å²) in [5, 5.41) is 1.28. The Morgan fingerprint density at radius 1 is 1.04 bits per heavy atom. The number of hydrogen-bond acceptors (Lipinski definition) is 3. The molecule has 142 valence electrons. The van der Waals surface area contributed by atoms with E-state index in [1.807, 2.05) is 12.4 Å². The third kappa shape index (κ3) is 2.50. The lowest BCUT2D eigenvalue weighted by Crippen LogP contribution is -2.41. The summed E-state index contributed by atoms with van der Waals surface area (Å²) in [6, 6.07) is 10.5. The monoisotopic (exact) mass is 372 g/mol. The highest BCUT2D eigenvalue weighted by Crippen LogP contribution is 2.38. The Bertz CT molecular complexity index is 1080. The summed E-state index contributed by atoms with van der Waals surface area (Å²) in [4.78, 5) is 4.41. The zero-order valence-corrected chi connectivity index (χ0v) is 16.9. The van der Waals surface area contributed by atoms with Crippen molar-refractivity contribution in [3.05, 3.63) is 60.1 Å². The van der Waals surface area contributed by atoms with Crippen molar-refractivity contribution in [2.45, 2.75) is 51.7 Å². The van der Waals surface area contributed by atoms with Gasteiger partial charge in [-0.1, -0.05) is 24.3 Å². The van der Waals surface area contributed by atoms with Crippen LogP contribution in [-0.2, 0) is 15.7 Å². The van der Waals surface area contributed by atoms with Gasteiger partial charge in [-0.25, -0.2) is 0 Å². The molecular formula is C23H25BN2O2. The molecule has 0 unspecified atom stereocenters. The Labute approximate surface area is 166 Å². The van der Waals surface area contributed by atoms with Gasteiger partial charge in [0.1, 0.15) is 0 Å². The molecule has 1 aliphatic carbocycles. The molecule has 1 saturated heterocycles. The standard InChI is InChI=1S/C23H25BN2O2/c1-22(2)23(3,4)28-24(27-22)18-10-6-8-12-20(18)26-19-11-7-5-9-16(19)17-13-14-25-15-21(17)26/h6-8,10-15H,5,9H2,1-4H3. The van der Waals surface area contributed by atoms with Crippen LogP contribution in [0.1, 0.15) is 45.4 Å². The van der Waals surface area contributed by atoms with Crippen LogP contribution in [0.25, 0.3) is 22.7 Å². The SMILES string of the molecule is CC1(C)OB(c2ccccc2-n2c3c(c4ccncc42)CCC=C3)OC1(C)C. The lowest BCUT2D eigenvalue weighted by atomic mass is 9.77. The minimum Gasteiger partial charge on any atom is -0.399 e. The maximum Gasteiger partial charge on any atom is 0.496 e. The van der Waals surface area contributed by atoms with Gasteiger partial charge >= 0.3 is 7.12 Å². The van der Waals surface area contributed by atoms with Crippen LogP contribution in [0.4, 0.5) is 0 Å². The molecular weight excluding hydrogens is 347 g/mol. The smallest absolute Gasteiger partial charge is 0.399 e. The first-order valence-electron chi connectivity index (χ1n) is 9.98. The fourth-order valence-corrected chi connectivity index (χ4v) is 4.20. The van der Waals surface area contributed by atoms with Gasteiger partial charge in [0, 0.05) is 28.4 Å². The molecule has 1 aromatic carbocycles. The molecule has 0 bridgehead atoms. The van der Waals surface area contributed by atoms with Crippen molar-refractivity contribution in [3.8, 4) is 5.69 Å². The molecule has 2 aromatic heterocycles. The Kier molecular flexibility index (Phi) is 3.84. The van der Waals surface area contributed by atoms with E-state index in [4.69, 9.17) is 9.31 Å². The molecule has 0 saturated carbocycles. The molecule has 5 heteroatoms. The van der Waals surface area contributed by atoms with E-state index in [9.17, 15) is 0 Å². The maximum atomic E-state index is 6.38. The highest BCUT2D eigenvalue weighted by molar-refractivity contribution is 6.63. The molecule has 1 aliphatic heterocycles. The summed E-state index contributed by atoms with van der Waals surface area (Å²) in [7, 11) is -0.404. The average molecular weight is 372 g/mol. The maximum absolute atomic E-state index is 6.38. The predicted molar refractivity (Wildman–Crippen MR) is 114 cm³/mol. The highest BCUT2D eigenvalue weighted by Gasteiger charge is 2.52. The van der Waals surface area contributed by atoms with Crippen LogP contribution in [0.15, 0.2) is 48.8 Å². The van der Waals surface area contributed by atoms with Gasteiger partial charge in [0.15, 0.2) is 0 Å². The number of para-hydroxylation sites is 1. The van der Waals surface area contributed by atoms with Crippen molar-refractivity contribution >= 4 is 29.6 Å². The summed E-state index contributed by atoms with van der Waals surface area (Å²) in [6.07, 6.45) is 10.5. The normalized spacial score (nSPS) is 19.9. The Balaban J connectivity index is 1.73. The van der Waals surface area contributed by atoms with Crippen LogP contribution in [0.3, 0.4) is 0 Å². The number of rotatable bonds is 2. The number of allylic oxidation sites excluding steroid dienone is 1. The molecule has 4 nitrogen and oxygen atoms in total. The van der Waals surface area contributed by atoms with Gasteiger partial charge in [-0.05, 0) is 64.3 Å². The van der Waals surface area contributed by atoms with E-state index in [1.54, 1.807) is 0 Å². The van der Waals surface area contributed by atoms with E-state index in [1.165, 1.54) is 16.6 Å². The number of nitrogens with zero attached hydrogens (tertiary/aromatic N) is 2. The summed E-state index contributed by atoms with van der Waals surface area (Å²) in [5.74, 6) is 0. The van der Waals surface area contributed by atoms with Gasteiger partial charge in [-0.3, -0.25) is 4.98 Å². The van der Waals surface area contributed by atoms with Gasteiger partial charge in [0.05, 0.1) is 22.9 Å². The molecule has 28 heavy (non-hydrogen) atoms. The molecule has 3 heterocycles. The molecule has 0 spiro atoms. The third-order valence-electron chi connectivity index (χ3n) is 6.44. The second-order valence-electron chi connectivity index (χ2n) is 8.68. The van der Waals surface area contributed by atoms with E-state index in [0.29, 0.717) is 0 Å². The van der Waals surface area contributed by atoms with Crippen molar-refractivity contribution in [2.24, 2.45) is 0 Å². The molecule has 0 N–H and O–H groups in total. The number of aromatic nitrogens is 2.